The number of aryl methyl sites for hydroxylation is 1. The summed E-state index contributed by atoms with van der Waals surface area (Å²) in [7, 11) is 0. The van der Waals surface area contributed by atoms with Crippen LogP contribution in [0.15, 0.2) is 24.3 Å². The molecule has 4 heteroatoms. The molecule has 18 heavy (non-hydrogen) atoms. The van der Waals surface area contributed by atoms with Crippen molar-refractivity contribution in [3.05, 3.63) is 29.8 Å². The van der Waals surface area contributed by atoms with Gasteiger partial charge in [0, 0.05) is 12.8 Å². The predicted octanol–water partition coefficient (Wildman–Crippen LogP) is 2.21. The molecule has 2 rings (SSSR count). The molecule has 1 heterocycles. The van der Waals surface area contributed by atoms with Gasteiger partial charge in [0.1, 0.15) is 5.75 Å². The Bertz CT molecular complexity index is 412. The quantitative estimate of drug-likeness (QED) is 0.817. The highest BCUT2D eigenvalue weighted by molar-refractivity contribution is 5.99. The van der Waals surface area contributed by atoms with E-state index in [1.54, 1.807) is 0 Å². The zero-order valence-electron chi connectivity index (χ0n) is 11.0. The molecule has 0 saturated carbocycles. The Morgan fingerprint density at radius 3 is 2.33 bits per heavy atom. The molecule has 1 N–H and O–H groups in total. The highest BCUT2D eigenvalue weighted by Crippen LogP contribution is 2.17. The van der Waals surface area contributed by atoms with E-state index in [-0.39, 0.29) is 11.8 Å². The first-order valence-corrected chi connectivity index (χ1v) is 6.22. The van der Waals surface area contributed by atoms with Crippen molar-refractivity contribution in [1.82, 2.24) is 5.32 Å². The normalized spacial score (nSPS) is 18.5. The number of benzene rings is 1. The molecular weight excluding hydrogens is 230 g/mol. The lowest BCUT2D eigenvalue weighted by atomic mass is 10.1. The minimum absolute atomic E-state index is 0.228. The number of ether oxygens (including phenoxy) is 1. The van der Waals surface area contributed by atoms with E-state index in [1.165, 1.54) is 0 Å². The second kappa shape index (κ2) is 6.79. The molecule has 1 aliphatic rings. The van der Waals surface area contributed by atoms with Crippen LogP contribution in [0.25, 0.3) is 0 Å². The van der Waals surface area contributed by atoms with Crippen molar-refractivity contribution in [3.63, 3.8) is 0 Å². The van der Waals surface area contributed by atoms with E-state index >= 15 is 0 Å². The third-order valence-electron chi connectivity index (χ3n) is 2.49. The summed E-state index contributed by atoms with van der Waals surface area (Å²) in [6.45, 7) is 5.98. The number of amides is 2. The molecule has 0 aliphatic carbocycles. The van der Waals surface area contributed by atoms with Crippen molar-refractivity contribution in [2.45, 2.75) is 39.7 Å². The van der Waals surface area contributed by atoms with Crippen molar-refractivity contribution in [2.24, 2.45) is 0 Å². The molecule has 1 aromatic carbocycles. The lowest BCUT2D eigenvalue weighted by Crippen LogP contribution is -2.46. The maximum absolute atomic E-state index is 11.4. The predicted molar refractivity (Wildman–Crippen MR) is 69.3 cm³/mol. The number of hydrogen-bond acceptors (Lipinski definition) is 3. The first-order valence-electron chi connectivity index (χ1n) is 6.22. The minimum atomic E-state index is -0.555. The summed E-state index contributed by atoms with van der Waals surface area (Å²) in [5, 5.41) is 2.26. The van der Waals surface area contributed by atoms with Crippen LogP contribution in [0.2, 0.25) is 0 Å². The zero-order valence-corrected chi connectivity index (χ0v) is 11.0. The topological polar surface area (TPSA) is 55.4 Å². The van der Waals surface area contributed by atoms with E-state index in [1.807, 2.05) is 45.0 Å². The number of carbonyl (C=O) groups is 2. The van der Waals surface area contributed by atoms with Crippen LogP contribution in [0.3, 0.4) is 0 Å². The number of rotatable bonds is 2. The van der Waals surface area contributed by atoms with Crippen LogP contribution in [0.1, 0.15) is 32.3 Å². The van der Waals surface area contributed by atoms with Gasteiger partial charge in [-0.1, -0.05) is 31.5 Å². The van der Waals surface area contributed by atoms with Gasteiger partial charge >= 0.3 is 0 Å². The maximum Gasteiger partial charge on any atom is 0.267 e. The summed E-state index contributed by atoms with van der Waals surface area (Å²) < 4.78 is 5.51. The summed E-state index contributed by atoms with van der Waals surface area (Å²) in [6, 6.07) is 7.47. The Morgan fingerprint density at radius 1 is 1.17 bits per heavy atom. The summed E-state index contributed by atoms with van der Waals surface area (Å²) >= 11 is 0. The number of hydrogen-bond donors (Lipinski definition) is 1. The SMILES string of the molecule is CC.Cc1ccc(OC2CCC(=O)NC2=O)cc1. The highest BCUT2D eigenvalue weighted by Gasteiger charge is 2.27. The number of imide groups is 1. The van der Waals surface area contributed by atoms with Gasteiger partial charge in [-0.25, -0.2) is 0 Å². The Kier molecular flexibility index (Phi) is 5.36. The van der Waals surface area contributed by atoms with Crippen molar-refractivity contribution in [1.29, 1.82) is 0 Å². The Hall–Kier alpha value is -1.84. The van der Waals surface area contributed by atoms with Gasteiger partial charge < -0.3 is 4.74 Å². The molecule has 0 aromatic heterocycles. The molecule has 1 atom stereocenters. The van der Waals surface area contributed by atoms with Gasteiger partial charge in [0.05, 0.1) is 0 Å². The van der Waals surface area contributed by atoms with Crippen LogP contribution in [-0.4, -0.2) is 17.9 Å². The minimum Gasteiger partial charge on any atom is -0.481 e. The molecule has 2 amide bonds. The van der Waals surface area contributed by atoms with Crippen molar-refractivity contribution < 1.29 is 14.3 Å². The van der Waals surface area contributed by atoms with E-state index < -0.39 is 6.10 Å². The molecule has 4 nitrogen and oxygen atoms in total. The second-order valence-electron chi connectivity index (χ2n) is 3.87. The van der Waals surface area contributed by atoms with Gasteiger partial charge in [0.25, 0.3) is 5.91 Å². The molecular formula is C14H19NO3. The van der Waals surface area contributed by atoms with Crippen molar-refractivity contribution in [3.8, 4) is 5.75 Å². The molecule has 0 spiro atoms. The lowest BCUT2D eigenvalue weighted by molar-refractivity contribution is -0.138. The third kappa shape index (κ3) is 3.87. The fraction of sp³-hybridized carbons (Fsp3) is 0.429. The molecule has 1 unspecified atom stereocenters. The first kappa shape index (κ1) is 14.2. The number of nitrogens with one attached hydrogen (secondary N) is 1. The van der Waals surface area contributed by atoms with Gasteiger partial charge in [-0.3, -0.25) is 14.9 Å². The van der Waals surface area contributed by atoms with Crippen LogP contribution < -0.4 is 10.1 Å². The summed E-state index contributed by atoms with van der Waals surface area (Å²) in [4.78, 5) is 22.3. The van der Waals surface area contributed by atoms with Gasteiger partial charge in [0.15, 0.2) is 6.10 Å². The lowest BCUT2D eigenvalue weighted by Gasteiger charge is -2.21. The molecule has 0 bridgehead atoms. The third-order valence-corrected chi connectivity index (χ3v) is 2.49. The van der Waals surface area contributed by atoms with Crippen LogP contribution in [0, 0.1) is 6.92 Å². The average molecular weight is 249 g/mol. The highest BCUT2D eigenvalue weighted by atomic mass is 16.5. The Labute approximate surface area is 107 Å². The largest absolute Gasteiger partial charge is 0.481 e. The van der Waals surface area contributed by atoms with E-state index in [2.05, 4.69) is 5.32 Å². The molecule has 1 fully saturated rings. The summed E-state index contributed by atoms with van der Waals surface area (Å²) in [5.74, 6) is 0.0747. The van der Waals surface area contributed by atoms with Gasteiger partial charge in [-0.05, 0) is 19.1 Å². The average Bonchev–Trinajstić information content (AvgIpc) is 2.38. The Morgan fingerprint density at radius 2 is 1.78 bits per heavy atom. The molecule has 1 aliphatic heterocycles. The fourth-order valence-corrected chi connectivity index (χ4v) is 1.57. The molecule has 1 aromatic rings. The summed E-state index contributed by atoms with van der Waals surface area (Å²) in [6.07, 6.45) is 0.223. The van der Waals surface area contributed by atoms with E-state index in [9.17, 15) is 9.59 Å². The smallest absolute Gasteiger partial charge is 0.267 e. The summed E-state index contributed by atoms with van der Waals surface area (Å²) in [5.41, 5.74) is 1.13. The van der Waals surface area contributed by atoms with E-state index in [0.29, 0.717) is 18.6 Å². The monoisotopic (exact) mass is 249 g/mol. The van der Waals surface area contributed by atoms with Gasteiger partial charge in [-0.15, -0.1) is 0 Å². The fourth-order valence-electron chi connectivity index (χ4n) is 1.57. The van der Waals surface area contributed by atoms with Crippen molar-refractivity contribution >= 4 is 11.8 Å². The van der Waals surface area contributed by atoms with Crippen LogP contribution in [0.5, 0.6) is 5.75 Å². The molecule has 1 saturated heterocycles. The second-order valence-corrected chi connectivity index (χ2v) is 3.87. The van der Waals surface area contributed by atoms with Gasteiger partial charge in [-0.2, -0.15) is 0 Å². The van der Waals surface area contributed by atoms with Crippen LogP contribution >= 0.6 is 0 Å². The van der Waals surface area contributed by atoms with Crippen molar-refractivity contribution in [2.75, 3.05) is 0 Å². The van der Waals surface area contributed by atoms with E-state index in [4.69, 9.17) is 4.74 Å². The molecule has 98 valence electrons. The molecule has 0 radical (unpaired) electrons. The number of piperidine rings is 1. The van der Waals surface area contributed by atoms with Gasteiger partial charge in [0.2, 0.25) is 5.91 Å². The van der Waals surface area contributed by atoms with Crippen LogP contribution in [0.4, 0.5) is 0 Å². The number of carbonyl (C=O) groups excluding carboxylic acids is 2. The van der Waals surface area contributed by atoms with Crippen LogP contribution in [-0.2, 0) is 9.59 Å². The maximum atomic E-state index is 11.4. The van der Waals surface area contributed by atoms with E-state index in [0.717, 1.165) is 5.56 Å². The standard InChI is InChI=1S/C12H13NO3.C2H6/c1-8-2-4-9(5-3-8)16-10-6-7-11(14)13-12(10)15;1-2/h2-5,10H,6-7H2,1H3,(H,13,14,15);1-2H3. The Balaban J connectivity index is 0.000000771. The first-order chi connectivity index (χ1) is 8.65. The zero-order chi connectivity index (χ0) is 13.5.